The zero-order valence-corrected chi connectivity index (χ0v) is 10.3. The predicted octanol–water partition coefficient (Wildman–Crippen LogP) is 3.06. The number of halogens is 1. The molecule has 0 atom stereocenters. The first-order valence-corrected chi connectivity index (χ1v) is 5.82. The van der Waals surface area contributed by atoms with Crippen LogP contribution in [0.3, 0.4) is 0 Å². The summed E-state index contributed by atoms with van der Waals surface area (Å²) in [6.45, 7) is 0.381. The molecule has 92 valence electrons. The van der Waals surface area contributed by atoms with Gasteiger partial charge in [-0.25, -0.2) is 4.79 Å². The van der Waals surface area contributed by atoms with E-state index in [0.717, 1.165) is 5.56 Å². The molecule has 0 bridgehead atoms. The number of anilines is 1. The Morgan fingerprint density at radius 1 is 1.22 bits per heavy atom. The highest BCUT2D eigenvalue weighted by molar-refractivity contribution is 6.31. The topological polar surface area (TPSA) is 54.0 Å². The first-order valence-electron chi connectivity index (χ1n) is 5.44. The molecule has 0 aliphatic carbocycles. The summed E-state index contributed by atoms with van der Waals surface area (Å²) in [7, 11) is 0. The number of rotatable bonds is 3. The maximum Gasteiger partial charge on any atom is 0.319 e. The van der Waals surface area contributed by atoms with Gasteiger partial charge in [-0.1, -0.05) is 29.8 Å². The summed E-state index contributed by atoms with van der Waals surface area (Å²) in [4.78, 5) is 15.5. The van der Waals surface area contributed by atoms with Gasteiger partial charge in [-0.05, 0) is 23.8 Å². The molecule has 2 amide bonds. The monoisotopic (exact) mass is 261 g/mol. The molecule has 0 aliphatic rings. The van der Waals surface area contributed by atoms with Crippen molar-refractivity contribution in [1.29, 1.82) is 0 Å². The van der Waals surface area contributed by atoms with Gasteiger partial charge in [0.05, 0.1) is 11.9 Å². The number of pyridine rings is 1. The van der Waals surface area contributed by atoms with Gasteiger partial charge in [0.15, 0.2) is 0 Å². The molecule has 5 heteroatoms. The highest BCUT2D eigenvalue weighted by Crippen LogP contribution is 2.14. The molecule has 2 aromatic rings. The van der Waals surface area contributed by atoms with Crippen LogP contribution < -0.4 is 10.6 Å². The van der Waals surface area contributed by atoms with Gasteiger partial charge in [0, 0.05) is 17.8 Å². The van der Waals surface area contributed by atoms with Crippen molar-refractivity contribution in [1.82, 2.24) is 10.3 Å². The Morgan fingerprint density at radius 2 is 2.06 bits per heavy atom. The van der Waals surface area contributed by atoms with E-state index in [1.54, 1.807) is 30.6 Å². The van der Waals surface area contributed by atoms with Crippen LogP contribution in [0.4, 0.5) is 10.5 Å². The van der Waals surface area contributed by atoms with E-state index in [2.05, 4.69) is 15.6 Å². The van der Waals surface area contributed by atoms with Crippen molar-refractivity contribution in [3.63, 3.8) is 0 Å². The molecule has 0 saturated carbocycles. The SMILES string of the molecule is O=C(NCc1ccccc1Cl)Nc1cccnc1. The second-order valence-corrected chi connectivity index (χ2v) is 4.05. The summed E-state index contributed by atoms with van der Waals surface area (Å²) in [5.74, 6) is 0. The number of benzene rings is 1. The van der Waals surface area contributed by atoms with Gasteiger partial charge in [-0.2, -0.15) is 0 Å². The van der Waals surface area contributed by atoms with Crippen molar-refractivity contribution in [3.8, 4) is 0 Å². The van der Waals surface area contributed by atoms with Crippen LogP contribution >= 0.6 is 11.6 Å². The minimum atomic E-state index is -0.289. The van der Waals surface area contributed by atoms with E-state index in [1.165, 1.54) is 0 Å². The van der Waals surface area contributed by atoms with Gasteiger partial charge >= 0.3 is 6.03 Å². The normalized spacial score (nSPS) is 9.83. The summed E-state index contributed by atoms with van der Waals surface area (Å²) in [6, 6.07) is 10.6. The van der Waals surface area contributed by atoms with Crippen molar-refractivity contribution in [2.24, 2.45) is 0 Å². The van der Waals surface area contributed by atoms with Gasteiger partial charge < -0.3 is 10.6 Å². The zero-order chi connectivity index (χ0) is 12.8. The smallest absolute Gasteiger partial charge is 0.319 e. The molecule has 0 unspecified atom stereocenters. The molecule has 2 N–H and O–H groups in total. The van der Waals surface area contributed by atoms with E-state index < -0.39 is 0 Å². The average Bonchev–Trinajstić information content (AvgIpc) is 2.39. The standard InChI is InChI=1S/C13H12ClN3O/c14-12-6-2-1-4-10(12)8-16-13(18)17-11-5-3-7-15-9-11/h1-7,9H,8H2,(H2,16,17,18). The number of amides is 2. The van der Waals surface area contributed by atoms with E-state index >= 15 is 0 Å². The van der Waals surface area contributed by atoms with Crippen LogP contribution in [0.2, 0.25) is 5.02 Å². The molecular weight excluding hydrogens is 250 g/mol. The lowest BCUT2D eigenvalue weighted by molar-refractivity contribution is 0.251. The predicted molar refractivity (Wildman–Crippen MR) is 71.5 cm³/mol. The maximum absolute atomic E-state index is 11.6. The van der Waals surface area contributed by atoms with Crippen molar-refractivity contribution < 1.29 is 4.79 Å². The van der Waals surface area contributed by atoms with Gasteiger partial charge in [0.2, 0.25) is 0 Å². The number of hydrogen-bond donors (Lipinski definition) is 2. The van der Waals surface area contributed by atoms with Crippen LogP contribution in [-0.4, -0.2) is 11.0 Å². The lowest BCUT2D eigenvalue weighted by Crippen LogP contribution is -2.28. The highest BCUT2D eigenvalue weighted by Gasteiger charge is 2.03. The number of carbonyl (C=O) groups is 1. The van der Waals surface area contributed by atoms with E-state index in [0.29, 0.717) is 17.3 Å². The third-order valence-corrected chi connectivity index (χ3v) is 2.69. The number of carbonyl (C=O) groups excluding carboxylic acids is 1. The van der Waals surface area contributed by atoms with Gasteiger partial charge in [-0.15, -0.1) is 0 Å². The molecule has 0 spiro atoms. The fourth-order valence-electron chi connectivity index (χ4n) is 1.43. The third-order valence-electron chi connectivity index (χ3n) is 2.32. The molecule has 1 heterocycles. The number of hydrogen-bond acceptors (Lipinski definition) is 2. The molecule has 0 aliphatic heterocycles. The number of nitrogens with one attached hydrogen (secondary N) is 2. The van der Waals surface area contributed by atoms with Crippen LogP contribution in [0, 0.1) is 0 Å². The van der Waals surface area contributed by atoms with Crippen LogP contribution in [0.1, 0.15) is 5.56 Å². The number of nitrogens with zero attached hydrogens (tertiary/aromatic N) is 1. The summed E-state index contributed by atoms with van der Waals surface area (Å²) >= 11 is 5.99. The number of urea groups is 1. The Hall–Kier alpha value is -2.07. The van der Waals surface area contributed by atoms with Crippen molar-refractivity contribution in [2.45, 2.75) is 6.54 Å². The van der Waals surface area contributed by atoms with Crippen LogP contribution in [-0.2, 0) is 6.54 Å². The quantitative estimate of drug-likeness (QED) is 0.892. The van der Waals surface area contributed by atoms with E-state index in [4.69, 9.17) is 11.6 Å². The number of aromatic nitrogens is 1. The second kappa shape index (κ2) is 6.02. The lowest BCUT2D eigenvalue weighted by Gasteiger charge is -2.08. The van der Waals surface area contributed by atoms with E-state index in [9.17, 15) is 4.79 Å². The highest BCUT2D eigenvalue weighted by atomic mass is 35.5. The Morgan fingerprint density at radius 3 is 2.78 bits per heavy atom. The molecular formula is C13H12ClN3O. The first-order chi connectivity index (χ1) is 8.75. The second-order valence-electron chi connectivity index (χ2n) is 3.64. The molecule has 0 fully saturated rings. The molecule has 18 heavy (non-hydrogen) atoms. The molecule has 0 radical (unpaired) electrons. The minimum absolute atomic E-state index is 0.289. The van der Waals surface area contributed by atoms with Gasteiger partial charge in [0.25, 0.3) is 0 Å². The molecule has 2 rings (SSSR count). The summed E-state index contributed by atoms with van der Waals surface area (Å²) in [5, 5.41) is 6.04. The molecule has 1 aromatic heterocycles. The largest absolute Gasteiger partial charge is 0.334 e. The van der Waals surface area contributed by atoms with E-state index in [-0.39, 0.29) is 6.03 Å². The summed E-state index contributed by atoms with van der Waals surface area (Å²) in [6.07, 6.45) is 3.22. The molecule has 0 saturated heterocycles. The third kappa shape index (κ3) is 3.46. The summed E-state index contributed by atoms with van der Waals surface area (Å²) in [5.41, 5.74) is 1.52. The van der Waals surface area contributed by atoms with Crippen molar-refractivity contribution in [2.75, 3.05) is 5.32 Å². The first kappa shape index (κ1) is 12.4. The zero-order valence-electron chi connectivity index (χ0n) is 9.56. The fourth-order valence-corrected chi connectivity index (χ4v) is 1.63. The van der Waals surface area contributed by atoms with Crippen LogP contribution in [0.15, 0.2) is 48.8 Å². The summed E-state index contributed by atoms with van der Waals surface area (Å²) < 4.78 is 0. The average molecular weight is 262 g/mol. The van der Waals surface area contributed by atoms with Crippen LogP contribution in [0.5, 0.6) is 0 Å². The van der Waals surface area contributed by atoms with E-state index in [1.807, 2.05) is 18.2 Å². The van der Waals surface area contributed by atoms with Gasteiger partial charge in [-0.3, -0.25) is 4.98 Å². The fraction of sp³-hybridized carbons (Fsp3) is 0.0769. The Kier molecular flexibility index (Phi) is 4.15. The van der Waals surface area contributed by atoms with Crippen LogP contribution in [0.25, 0.3) is 0 Å². The lowest BCUT2D eigenvalue weighted by atomic mass is 10.2. The van der Waals surface area contributed by atoms with Crippen molar-refractivity contribution in [3.05, 3.63) is 59.4 Å². The Bertz CT molecular complexity index is 531. The van der Waals surface area contributed by atoms with Gasteiger partial charge in [0.1, 0.15) is 0 Å². The maximum atomic E-state index is 11.6. The van der Waals surface area contributed by atoms with Crippen molar-refractivity contribution >= 4 is 23.3 Å². The Balaban J connectivity index is 1.88. The molecule has 1 aromatic carbocycles. The molecule has 4 nitrogen and oxygen atoms in total. The Labute approximate surface area is 110 Å². The minimum Gasteiger partial charge on any atom is -0.334 e.